The number of amides is 1. The minimum absolute atomic E-state index is 0.0429. The van der Waals surface area contributed by atoms with Crippen molar-refractivity contribution in [1.82, 2.24) is 15.2 Å². The van der Waals surface area contributed by atoms with E-state index in [2.05, 4.69) is 10.3 Å². The van der Waals surface area contributed by atoms with Crippen molar-refractivity contribution in [3.63, 3.8) is 0 Å². The summed E-state index contributed by atoms with van der Waals surface area (Å²) in [5.41, 5.74) is 5.32. The first kappa shape index (κ1) is 22.3. The molecule has 2 aliphatic heterocycles. The van der Waals surface area contributed by atoms with E-state index >= 15 is 0 Å². The summed E-state index contributed by atoms with van der Waals surface area (Å²) in [7, 11) is 7.86. The van der Waals surface area contributed by atoms with Gasteiger partial charge in [0, 0.05) is 6.61 Å². The van der Waals surface area contributed by atoms with Gasteiger partial charge in [-0.05, 0) is 19.3 Å². The summed E-state index contributed by atoms with van der Waals surface area (Å²) < 4.78 is 11.7. The van der Waals surface area contributed by atoms with Crippen molar-refractivity contribution in [2.75, 3.05) is 20.3 Å². The first-order chi connectivity index (χ1) is 15.6. The van der Waals surface area contributed by atoms with Crippen LogP contribution in [0.2, 0.25) is 0 Å². The summed E-state index contributed by atoms with van der Waals surface area (Å²) in [6.07, 6.45) is 6.90. The Morgan fingerprint density at radius 1 is 1.31 bits per heavy atom. The van der Waals surface area contributed by atoms with Crippen LogP contribution in [0.5, 0.6) is 5.88 Å². The Kier molecular flexibility index (Phi) is 7.05. The number of benzene rings is 1. The van der Waals surface area contributed by atoms with E-state index in [0.29, 0.717) is 31.1 Å². The molecule has 0 spiro atoms. The zero-order chi connectivity index (χ0) is 22.5. The second-order valence-electron chi connectivity index (χ2n) is 8.34. The van der Waals surface area contributed by atoms with E-state index in [1.165, 1.54) is 0 Å². The van der Waals surface area contributed by atoms with Crippen LogP contribution in [0.4, 0.5) is 0 Å². The normalized spacial score (nSPS) is 18.4. The molecular weight excluding hydrogens is 401 g/mol. The molecule has 32 heavy (non-hydrogen) atoms. The monoisotopic (exact) mass is 430 g/mol. The molecule has 165 valence electrons. The van der Waals surface area contributed by atoms with Gasteiger partial charge in [-0.2, -0.15) is 0 Å². The number of nitrogens with one attached hydrogen (secondary N) is 1. The van der Waals surface area contributed by atoms with Crippen LogP contribution in [0.25, 0.3) is 5.57 Å². The average molecular weight is 430 g/mol. The molecule has 1 atom stereocenters. The third kappa shape index (κ3) is 4.94. The van der Waals surface area contributed by atoms with E-state index in [1.54, 1.807) is 6.20 Å². The van der Waals surface area contributed by atoms with Gasteiger partial charge in [0.05, 0.1) is 6.10 Å². The molecular formula is C25H29BN3O3. The van der Waals surface area contributed by atoms with Crippen LogP contribution in [0.15, 0.2) is 42.7 Å². The maximum absolute atomic E-state index is 13.2. The van der Waals surface area contributed by atoms with Crippen LogP contribution < -0.4 is 10.1 Å². The van der Waals surface area contributed by atoms with E-state index in [1.807, 2.05) is 55.4 Å². The molecule has 1 unspecified atom stereocenters. The van der Waals surface area contributed by atoms with E-state index in [-0.39, 0.29) is 12.0 Å². The number of fused-ring (bicyclic) bond motifs is 1. The van der Waals surface area contributed by atoms with Crippen molar-refractivity contribution in [3.8, 4) is 5.88 Å². The summed E-state index contributed by atoms with van der Waals surface area (Å²) in [4.78, 5) is 19.3. The van der Waals surface area contributed by atoms with Crippen LogP contribution in [-0.4, -0.2) is 55.1 Å². The van der Waals surface area contributed by atoms with Crippen LogP contribution in [-0.2, 0) is 17.8 Å². The van der Waals surface area contributed by atoms with E-state index in [0.717, 1.165) is 53.6 Å². The molecule has 1 aromatic carbocycles. The molecule has 0 aliphatic carbocycles. The number of aromatic nitrogens is 1. The average Bonchev–Trinajstić information content (AvgIpc) is 3.13. The molecule has 4 rings (SSSR count). The van der Waals surface area contributed by atoms with E-state index < -0.39 is 0 Å². The van der Waals surface area contributed by atoms with Crippen LogP contribution in [0.1, 0.15) is 53.2 Å². The maximum atomic E-state index is 13.2. The fraction of sp³-hybridized carbons (Fsp3) is 0.400. The second kappa shape index (κ2) is 10.1. The van der Waals surface area contributed by atoms with Gasteiger partial charge in [0.1, 0.15) is 6.61 Å². The topological polar surface area (TPSA) is 63.7 Å². The Morgan fingerprint density at radius 3 is 2.81 bits per heavy atom. The zero-order valence-electron chi connectivity index (χ0n) is 18.8. The van der Waals surface area contributed by atoms with Gasteiger partial charge in [0.2, 0.25) is 0 Å². The number of rotatable bonds is 8. The van der Waals surface area contributed by atoms with Crippen LogP contribution in [0.3, 0.4) is 0 Å². The zero-order valence-corrected chi connectivity index (χ0v) is 18.8. The number of pyridine rings is 1. The molecule has 1 saturated heterocycles. The minimum atomic E-state index is -0.0429. The molecule has 0 saturated carbocycles. The summed E-state index contributed by atoms with van der Waals surface area (Å²) >= 11 is 0. The first-order valence-electron chi connectivity index (χ1n) is 11.1. The molecule has 2 aliphatic rings. The number of allylic oxidation sites excluding steroid dienone is 1. The molecule has 3 heterocycles. The number of nitrogens with zero attached hydrogens (tertiary/aromatic N) is 2. The summed E-state index contributed by atoms with van der Waals surface area (Å²) in [6, 6.07) is 10.0. The first-order valence-corrected chi connectivity index (χ1v) is 11.1. The van der Waals surface area contributed by atoms with Crippen molar-refractivity contribution in [1.29, 1.82) is 0 Å². The van der Waals surface area contributed by atoms with Crippen LogP contribution >= 0.6 is 0 Å². The Balaban J connectivity index is 1.44. The predicted octanol–water partition coefficient (Wildman–Crippen LogP) is 3.11. The fourth-order valence-corrected chi connectivity index (χ4v) is 4.20. The summed E-state index contributed by atoms with van der Waals surface area (Å²) in [5.74, 6) is 0.369. The molecule has 1 N–H and O–H groups in total. The molecule has 1 aromatic heterocycles. The third-order valence-corrected chi connectivity index (χ3v) is 5.90. The van der Waals surface area contributed by atoms with Gasteiger partial charge in [-0.25, -0.2) is 0 Å². The number of hydrogen-bond acceptors (Lipinski definition) is 5. The van der Waals surface area contributed by atoms with Gasteiger partial charge >= 0.3 is 147 Å². The number of carbonyl (C=O) groups excluding carboxylic acids is 1. The summed E-state index contributed by atoms with van der Waals surface area (Å²) in [6.45, 7) is 4.16. The van der Waals surface area contributed by atoms with Crippen molar-refractivity contribution in [3.05, 3.63) is 65.0 Å². The van der Waals surface area contributed by atoms with Gasteiger partial charge in [-0.15, -0.1) is 0 Å². The van der Waals surface area contributed by atoms with Gasteiger partial charge in [-0.1, -0.05) is 0 Å². The van der Waals surface area contributed by atoms with Crippen molar-refractivity contribution in [2.24, 2.45) is 0 Å². The molecule has 0 bridgehead atoms. The Morgan fingerprint density at radius 2 is 2.12 bits per heavy atom. The Bertz CT molecular complexity index is 1010. The van der Waals surface area contributed by atoms with Crippen molar-refractivity contribution in [2.45, 2.75) is 45.4 Å². The molecule has 1 fully saturated rings. The van der Waals surface area contributed by atoms with Gasteiger partial charge in [0.15, 0.2) is 0 Å². The SMILES string of the molecule is [B]=C(C)/C(=C\NC)c1ccc(CN2Cc3ccnc(OCC4CCCCO4)c3C2=O)cc1. The molecule has 1 amide bonds. The van der Waals surface area contributed by atoms with Crippen molar-refractivity contribution < 1.29 is 14.3 Å². The quantitative estimate of drug-likeness (QED) is 0.653. The Hall–Kier alpha value is -2.93. The van der Waals surface area contributed by atoms with Crippen molar-refractivity contribution >= 4 is 24.4 Å². The molecule has 2 aromatic rings. The number of hydrogen-bond donors (Lipinski definition) is 1. The van der Waals surface area contributed by atoms with Gasteiger partial charge < -0.3 is 4.74 Å². The fourth-order valence-electron chi connectivity index (χ4n) is 4.20. The summed E-state index contributed by atoms with van der Waals surface area (Å²) in [5, 5.41) is 3.03. The van der Waals surface area contributed by atoms with Gasteiger partial charge in [-0.3, -0.25) is 0 Å². The van der Waals surface area contributed by atoms with E-state index in [9.17, 15) is 4.79 Å². The number of carbonyl (C=O) groups is 1. The predicted molar refractivity (Wildman–Crippen MR) is 127 cm³/mol. The number of ether oxygens (including phenoxy) is 2. The Labute approximate surface area is 190 Å². The standard InChI is InChI=1S/C25H29BN3O3/c1-17(26)22(13-27-2)19-8-6-18(7-9-19)14-29-15-20-10-11-28-24(23(20)25(29)30)32-16-21-5-3-4-12-31-21/h6-11,13,21,27H,3-5,12,14-16H2,1-2H3/b22-13+. The second-order valence-corrected chi connectivity index (χ2v) is 8.34. The third-order valence-electron chi connectivity index (χ3n) is 5.90. The van der Waals surface area contributed by atoms with Gasteiger partial charge in [0.25, 0.3) is 0 Å². The molecule has 1 radical (unpaired) electrons. The molecule has 6 nitrogen and oxygen atoms in total. The van der Waals surface area contributed by atoms with E-state index in [4.69, 9.17) is 17.0 Å². The van der Waals surface area contributed by atoms with Crippen LogP contribution in [0, 0.1) is 0 Å². The molecule has 7 heteroatoms.